The van der Waals surface area contributed by atoms with Gasteiger partial charge in [0.05, 0.1) is 15.7 Å². The van der Waals surface area contributed by atoms with Crippen LogP contribution in [0.3, 0.4) is 0 Å². The zero-order valence-electron chi connectivity index (χ0n) is 9.93. The van der Waals surface area contributed by atoms with E-state index in [9.17, 15) is 0 Å². The molecule has 5 heteroatoms. The van der Waals surface area contributed by atoms with Crippen LogP contribution in [-0.4, -0.2) is 25.2 Å². The molecule has 1 saturated carbocycles. The third-order valence-electron chi connectivity index (χ3n) is 3.53. The van der Waals surface area contributed by atoms with Gasteiger partial charge in [-0.3, -0.25) is 0 Å². The standard InChI is InChI=1S/C13H15Cl3N2/c14-8-5-11(15)13(12(16)6-8)18-4-3-10(7-18)17-9-1-2-9/h5-6,9-10,17H,1-4,7H2. The van der Waals surface area contributed by atoms with E-state index in [4.69, 9.17) is 34.8 Å². The normalized spacial score (nSPS) is 23.7. The molecule has 1 aliphatic heterocycles. The van der Waals surface area contributed by atoms with Gasteiger partial charge in [-0.1, -0.05) is 34.8 Å². The third-order valence-corrected chi connectivity index (χ3v) is 4.33. The van der Waals surface area contributed by atoms with Crippen molar-refractivity contribution in [1.82, 2.24) is 5.32 Å². The van der Waals surface area contributed by atoms with Gasteiger partial charge in [-0.05, 0) is 31.4 Å². The maximum absolute atomic E-state index is 6.25. The Morgan fingerprint density at radius 2 is 1.67 bits per heavy atom. The van der Waals surface area contributed by atoms with Crippen LogP contribution in [0.25, 0.3) is 0 Å². The lowest BCUT2D eigenvalue weighted by molar-refractivity contribution is 0.548. The fourth-order valence-electron chi connectivity index (χ4n) is 2.52. The van der Waals surface area contributed by atoms with E-state index in [0.717, 1.165) is 31.2 Å². The smallest absolute Gasteiger partial charge is 0.0746 e. The Morgan fingerprint density at radius 1 is 1.00 bits per heavy atom. The van der Waals surface area contributed by atoms with Gasteiger partial charge in [-0.15, -0.1) is 0 Å². The summed E-state index contributed by atoms with van der Waals surface area (Å²) >= 11 is 18.4. The quantitative estimate of drug-likeness (QED) is 0.909. The van der Waals surface area contributed by atoms with Crippen LogP contribution in [0.1, 0.15) is 19.3 Å². The lowest BCUT2D eigenvalue weighted by atomic mass is 10.2. The molecule has 1 saturated heterocycles. The molecule has 0 amide bonds. The molecular weight excluding hydrogens is 291 g/mol. The van der Waals surface area contributed by atoms with E-state index in [1.807, 2.05) is 0 Å². The summed E-state index contributed by atoms with van der Waals surface area (Å²) < 4.78 is 0. The monoisotopic (exact) mass is 304 g/mol. The molecule has 2 nitrogen and oxygen atoms in total. The molecule has 0 radical (unpaired) electrons. The molecule has 3 rings (SSSR count). The van der Waals surface area contributed by atoms with Crippen LogP contribution in [0.5, 0.6) is 0 Å². The summed E-state index contributed by atoms with van der Waals surface area (Å²) in [6, 6.07) is 4.81. The number of halogens is 3. The minimum Gasteiger partial charge on any atom is -0.367 e. The van der Waals surface area contributed by atoms with Gasteiger partial charge in [0, 0.05) is 30.2 Å². The van der Waals surface area contributed by atoms with Crippen molar-refractivity contribution in [2.75, 3.05) is 18.0 Å². The SMILES string of the molecule is Clc1cc(Cl)c(N2CCC(NC3CC3)C2)c(Cl)c1. The highest BCUT2D eigenvalue weighted by molar-refractivity contribution is 6.41. The lowest BCUT2D eigenvalue weighted by Gasteiger charge is -2.22. The molecule has 1 atom stereocenters. The summed E-state index contributed by atoms with van der Waals surface area (Å²) in [5, 5.41) is 5.51. The summed E-state index contributed by atoms with van der Waals surface area (Å²) in [7, 11) is 0. The van der Waals surface area contributed by atoms with Gasteiger partial charge in [0.15, 0.2) is 0 Å². The highest BCUT2D eigenvalue weighted by Crippen LogP contribution is 2.38. The minimum atomic E-state index is 0.556. The number of anilines is 1. The zero-order chi connectivity index (χ0) is 12.7. The van der Waals surface area contributed by atoms with E-state index in [2.05, 4.69) is 10.2 Å². The van der Waals surface area contributed by atoms with E-state index in [0.29, 0.717) is 21.1 Å². The van der Waals surface area contributed by atoms with Gasteiger partial charge in [0.2, 0.25) is 0 Å². The Bertz CT molecular complexity index is 437. The van der Waals surface area contributed by atoms with Crippen molar-refractivity contribution in [2.45, 2.75) is 31.3 Å². The molecule has 1 unspecified atom stereocenters. The second kappa shape index (κ2) is 5.09. The van der Waals surface area contributed by atoms with E-state index in [1.165, 1.54) is 12.8 Å². The fraction of sp³-hybridized carbons (Fsp3) is 0.538. The van der Waals surface area contributed by atoms with E-state index in [1.54, 1.807) is 12.1 Å². The first-order valence-corrected chi connectivity index (χ1v) is 7.42. The summed E-state index contributed by atoms with van der Waals surface area (Å²) in [6.07, 6.45) is 3.78. The number of benzene rings is 1. The van der Waals surface area contributed by atoms with Crippen molar-refractivity contribution in [2.24, 2.45) is 0 Å². The zero-order valence-corrected chi connectivity index (χ0v) is 12.2. The molecule has 1 aromatic carbocycles. The molecular formula is C13H15Cl3N2. The maximum atomic E-state index is 6.25. The molecule has 1 heterocycles. The van der Waals surface area contributed by atoms with E-state index >= 15 is 0 Å². The minimum absolute atomic E-state index is 0.556. The van der Waals surface area contributed by atoms with Crippen molar-refractivity contribution in [3.05, 3.63) is 27.2 Å². The van der Waals surface area contributed by atoms with E-state index in [-0.39, 0.29) is 0 Å². The first kappa shape index (κ1) is 12.9. The second-order valence-electron chi connectivity index (χ2n) is 5.09. The van der Waals surface area contributed by atoms with Crippen molar-refractivity contribution in [3.8, 4) is 0 Å². The topological polar surface area (TPSA) is 15.3 Å². The average Bonchev–Trinajstić information content (AvgIpc) is 2.96. The fourth-order valence-corrected chi connectivity index (χ4v) is 3.58. The van der Waals surface area contributed by atoms with E-state index < -0.39 is 0 Å². The third kappa shape index (κ3) is 2.72. The van der Waals surface area contributed by atoms with Crippen LogP contribution in [0, 0.1) is 0 Å². The predicted molar refractivity (Wildman–Crippen MR) is 78.2 cm³/mol. The molecule has 2 aliphatic rings. The van der Waals surface area contributed by atoms with Gasteiger partial charge in [0.1, 0.15) is 0 Å². The molecule has 0 spiro atoms. The van der Waals surface area contributed by atoms with Gasteiger partial charge >= 0.3 is 0 Å². The largest absolute Gasteiger partial charge is 0.367 e. The summed E-state index contributed by atoms with van der Waals surface area (Å²) in [5.41, 5.74) is 0.919. The Hall–Kier alpha value is -0.150. The molecule has 1 aliphatic carbocycles. The number of rotatable bonds is 3. The second-order valence-corrected chi connectivity index (χ2v) is 6.34. The maximum Gasteiger partial charge on any atom is 0.0746 e. The molecule has 98 valence electrons. The number of hydrogen-bond donors (Lipinski definition) is 1. The van der Waals surface area contributed by atoms with Gasteiger partial charge in [-0.2, -0.15) is 0 Å². The van der Waals surface area contributed by atoms with Crippen LogP contribution < -0.4 is 10.2 Å². The Labute approximate surface area is 122 Å². The summed E-state index contributed by atoms with van der Waals surface area (Å²) in [5.74, 6) is 0. The first-order valence-electron chi connectivity index (χ1n) is 6.29. The molecule has 1 N–H and O–H groups in total. The van der Waals surface area contributed by atoms with Gasteiger partial charge in [0.25, 0.3) is 0 Å². The van der Waals surface area contributed by atoms with Crippen LogP contribution in [0.2, 0.25) is 15.1 Å². The molecule has 0 aromatic heterocycles. The number of nitrogens with zero attached hydrogens (tertiary/aromatic N) is 1. The highest BCUT2D eigenvalue weighted by Gasteiger charge is 2.30. The summed E-state index contributed by atoms with van der Waals surface area (Å²) in [4.78, 5) is 2.25. The van der Waals surface area contributed by atoms with Crippen LogP contribution in [0.15, 0.2) is 12.1 Å². The number of hydrogen-bond acceptors (Lipinski definition) is 2. The van der Waals surface area contributed by atoms with Gasteiger partial charge < -0.3 is 10.2 Å². The van der Waals surface area contributed by atoms with Crippen molar-refractivity contribution < 1.29 is 0 Å². The molecule has 18 heavy (non-hydrogen) atoms. The average molecular weight is 306 g/mol. The van der Waals surface area contributed by atoms with Crippen LogP contribution in [-0.2, 0) is 0 Å². The van der Waals surface area contributed by atoms with Crippen molar-refractivity contribution >= 4 is 40.5 Å². The van der Waals surface area contributed by atoms with Crippen LogP contribution >= 0.6 is 34.8 Å². The summed E-state index contributed by atoms with van der Waals surface area (Å²) in [6.45, 7) is 1.96. The highest BCUT2D eigenvalue weighted by atomic mass is 35.5. The molecule has 0 bridgehead atoms. The molecule has 1 aromatic rings. The van der Waals surface area contributed by atoms with Crippen LogP contribution in [0.4, 0.5) is 5.69 Å². The van der Waals surface area contributed by atoms with Crippen molar-refractivity contribution in [3.63, 3.8) is 0 Å². The number of nitrogens with one attached hydrogen (secondary N) is 1. The Morgan fingerprint density at radius 3 is 2.28 bits per heavy atom. The first-order chi connectivity index (χ1) is 8.63. The Balaban J connectivity index is 1.75. The molecule has 2 fully saturated rings. The Kier molecular flexibility index (Phi) is 3.63. The van der Waals surface area contributed by atoms with Crippen molar-refractivity contribution in [1.29, 1.82) is 0 Å². The van der Waals surface area contributed by atoms with Gasteiger partial charge in [-0.25, -0.2) is 0 Å². The lowest BCUT2D eigenvalue weighted by Crippen LogP contribution is -2.34. The predicted octanol–water partition coefficient (Wildman–Crippen LogP) is 3.98.